The highest BCUT2D eigenvalue weighted by Crippen LogP contribution is 2.36. The van der Waals surface area contributed by atoms with Gasteiger partial charge in [0.2, 0.25) is 0 Å². The zero-order chi connectivity index (χ0) is 22.7. The molecule has 1 amide bonds. The maximum Gasteiger partial charge on any atom is 0.271 e. The molecule has 0 aromatic heterocycles. The largest absolute Gasteiger partial charge is 0.493 e. The van der Waals surface area contributed by atoms with E-state index in [1.165, 1.54) is 48.4 Å². The van der Waals surface area contributed by atoms with Crippen molar-refractivity contribution in [2.24, 2.45) is 0 Å². The minimum Gasteiger partial charge on any atom is -0.493 e. The van der Waals surface area contributed by atoms with Crippen LogP contribution in [0.15, 0.2) is 71.6 Å². The zero-order valence-corrected chi connectivity index (χ0v) is 17.8. The molecular weight excluding hydrogens is 434 g/mol. The molecule has 4 rings (SSSR count). The molecule has 1 aliphatic rings. The lowest BCUT2D eigenvalue weighted by Crippen LogP contribution is -2.28. The van der Waals surface area contributed by atoms with Gasteiger partial charge in [0, 0.05) is 0 Å². The molecule has 3 aromatic carbocycles. The molecule has 0 unspecified atom stereocenters. The summed E-state index contributed by atoms with van der Waals surface area (Å²) in [6, 6.07) is 16.7. The number of amidine groups is 1. The van der Waals surface area contributed by atoms with Crippen LogP contribution in [0, 0.1) is 17.0 Å². The van der Waals surface area contributed by atoms with Crippen molar-refractivity contribution in [1.82, 2.24) is 0 Å². The number of thioether (sulfide) groups is 1. The number of methoxy groups -OCH3 is 1. The van der Waals surface area contributed by atoms with Crippen molar-refractivity contribution in [3.8, 4) is 11.5 Å². The van der Waals surface area contributed by atoms with E-state index in [0.29, 0.717) is 27.7 Å². The number of halogens is 2. The monoisotopic (exact) mass is 452 g/mol. The number of hydrogen-bond donors (Lipinski definition) is 1. The lowest BCUT2D eigenvalue weighted by molar-refractivity contribution is -0.113. The first kappa shape index (κ1) is 21.6. The smallest absolute Gasteiger partial charge is 0.271 e. The predicted octanol–water partition coefficient (Wildman–Crippen LogP) is 5.61. The van der Waals surface area contributed by atoms with E-state index in [1.807, 2.05) is 0 Å². The van der Waals surface area contributed by atoms with Crippen molar-refractivity contribution < 1.29 is 23.0 Å². The third-order valence-corrected chi connectivity index (χ3v) is 5.59. The lowest BCUT2D eigenvalue weighted by atomic mass is 10.1. The molecule has 8 heteroatoms. The van der Waals surface area contributed by atoms with Crippen molar-refractivity contribution in [2.75, 3.05) is 12.0 Å². The Hall–Kier alpha value is -3.65. The minimum absolute atomic E-state index is 0.0408. The first-order chi connectivity index (χ1) is 15.4. The summed E-state index contributed by atoms with van der Waals surface area (Å²) in [7, 11) is 1.51. The van der Waals surface area contributed by atoms with Crippen molar-refractivity contribution in [3.05, 3.63) is 94.4 Å². The summed E-state index contributed by atoms with van der Waals surface area (Å²) in [5.74, 6) is -0.104. The van der Waals surface area contributed by atoms with Crippen LogP contribution in [0.1, 0.15) is 11.1 Å². The number of benzene rings is 3. The molecule has 0 aliphatic carbocycles. The van der Waals surface area contributed by atoms with E-state index in [-0.39, 0.29) is 23.5 Å². The minimum atomic E-state index is -0.413. The molecule has 3 aromatic rings. The van der Waals surface area contributed by atoms with Gasteiger partial charge in [-0.15, -0.1) is 0 Å². The van der Waals surface area contributed by atoms with Gasteiger partial charge >= 0.3 is 0 Å². The molecule has 1 fully saturated rings. The van der Waals surface area contributed by atoms with E-state index in [9.17, 15) is 13.6 Å². The van der Waals surface area contributed by atoms with Crippen molar-refractivity contribution in [1.29, 1.82) is 5.41 Å². The Labute approximate surface area is 187 Å². The molecule has 32 heavy (non-hydrogen) atoms. The fraction of sp³-hybridized carbons (Fsp3) is 0.0833. The van der Waals surface area contributed by atoms with Crippen molar-refractivity contribution in [3.63, 3.8) is 0 Å². The number of amides is 1. The van der Waals surface area contributed by atoms with E-state index in [2.05, 4.69) is 0 Å². The highest BCUT2D eigenvalue weighted by molar-refractivity contribution is 8.19. The summed E-state index contributed by atoms with van der Waals surface area (Å²) in [4.78, 5) is 14.4. The summed E-state index contributed by atoms with van der Waals surface area (Å²) >= 11 is 1.03. The van der Waals surface area contributed by atoms with Gasteiger partial charge in [-0.3, -0.25) is 15.1 Å². The van der Waals surface area contributed by atoms with E-state index in [1.54, 1.807) is 36.4 Å². The highest BCUT2D eigenvalue weighted by Gasteiger charge is 2.33. The topological polar surface area (TPSA) is 62.6 Å². The van der Waals surface area contributed by atoms with Crippen LogP contribution in [0.2, 0.25) is 0 Å². The maximum atomic E-state index is 13.2. The summed E-state index contributed by atoms with van der Waals surface area (Å²) < 4.78 is 37.4. The zero-order valence-electron chi connectivity index (χ0n) is 17.0. The van der Waals surface area contributed by atoms with Gasteiger partial charge in [0.15, 0.2) is 16.7 Å². The van der Waals surface area contributed by atoms with Crippen LogP contribution in [0.25, 0.3) is 6.08 Å². The average molecular weight is 452 g/mol. The van der Waals surface area contributed by atoms with Crippen LogP contribution in [-0.2, 0) is 11.4 Å². The Morgan fingerprint density at radius 1 is 0.969 bits per heavy atom. The van der Waals surface area contributed by atoms with Crippen LogP contribution in [-0.4, -0.2) is 18.2 Å². The molecule has 0 bridgehead atoms. The summed E-state index contributed by atoms with van der Waals surface area (Å²) in [5.41, 5.74) is 1.94. The van der Waals surface area contributed by atoms with E-state index in [0.717, 1.165) is 17.3 Å². The molecular formula is C24H18F2N2O3S. The highest BCUT2D eigenvalue weighted by atomic mass is 32.2. The van der Waals surface area contributed by atoms with Gasteiger partial charge < -0.3 is 9.47 Å². The Balaban J connectivity index is 1.52. The number of anilines is 1. The standard InChI is InChI=1S/C24H18F2N2O3S/c1-30-21-12-16(4-11-20(21)31-14-15-2-5-17(25)6-3-15)13-22-23(29)28(24(27)32-22)19-9-7-18(26)8-10-19/h2-13,27H,14H2,1H3. The fourth-order valence-electron chi connectivity index (χ4n) is 3.10. The Bertz CT molecular complexity index is 1190. The lowest BCUT2D eigenvalue weighted by Gasteiger charge is -2.14. The number of carbonyl (C=O) groups is 1. The summed E-state index contributed by atoms with van der Waals surface area (Å²) in [6.07, 6.45) is 1.66. The number of nitrogens with zero attached hydrogens (tertiary/aromatic N) is 1. The average Bonchev–Trinajstić information content (AvgIpc) is 3.07. The number of hydrogen-bond acceptors (Lipinski definition) is 5. The second-order valence-corrected chi connectivity index (χ2v) is 7.89. The maximum absolute atomic E-state index is 13.2. The number of ether oxygens (including phenoxy) is 2. The molecule has 0 radical (unpaired) electrons. The van der Waals surface area contributed by atoms with Crippen LogP contribution in [0.3, 0.4) is 0 Å². The normalized spacial score (nSPS) is 14.8. The molecule has 0 saturated carbocycles. The van der Waals surface area contributed by atoms with Crippen LogP contribution < -0.4 is 14.4 Å². The number of nitrogens with one attached hydrogen (secondary N) is 1. The number of rotatable bonds is 6. The van der Waals surface area contributed by atoms with Gasteiger partial charge in [0.25, 0.3) is 5.91 Å². The molecule has 0 atom stereocenters. The van der Waals surface area contributed by atoms with Gasteiger partial charge in [0.05, 0.1) is 17.7 Å². The van der Waals surface area contributed by atoms with Gasteiger partial charge in [0.1, 0.15) is 18.2 Å². The first-order valence-electron chi connectivity index (χ1n) is 9.58. The molecule has 162 valence electrons. The Morgan fingerprint density at radius 2 is 1.62 bits per heavy atom. The van der Waals surface area contributed by atoms with Crippen LogP contribution >= 0.6 is 11.8 Å². The van der Waals surface area contributed by atoms with E-state index >= 15 is 0 Å². The SMILES string of the molecule is COc1cc(C=C2SC(=N)N(c3ccc(F)cc3)C2=O)ccc1OCc1ccc(F)cc1. The van der Waals surface area contributed by atoms with Gasteiger partial charge in [-0.2, -0.15) is 0 Å². The molecule has 1 saturated heterocycles. The third-order valence-electron chi connectivity index (χ3n) is 4.70. The molecule has 1 heterocycles. The summed E-state index contributed by atoms with van der Waals surface area (Å²) in [6.45, 7) is 0.245. The van der Waals surface area contributed by atoms with Crippen LogP contribution in [0.5, 0.6) is 11.5 Å². The van der Waals surface area contributed by atoms with Crippen molar-refractivity contribution >= 4 is 34.6 Å². The van der Waals surface area contributed by atoms with E-state index in [4.69, 9.17) is 14.9 Å². The quantitative estimate of drug-likeness (QED) is 0.494. The second kappa shape index (κ2) is 9.23. The summed E-state index contributed by atoms with van der Waals surface area (Å²) in [5, 5.41) is 8.19. The van der Waals surface area contributed by atoms with Gasteiger partial charge in [-0.1, -0.05) is 18.2 Å². The molecule has 1 N–H and O–H groups in total. The molecule has 5 nitrogen and oxygen atoms in total. The van der Waals surface area contributed by atoms with Crippen molar-refractivity contribution in [2.45, 2.75) is 6.61 Å². The Kier molecular flexibility index (Phi) is 6.23. The van der Waals surface area contributed by atoms with Gasteiger partial charge in [-0.25, -0.2) is 8.78 Å². The van der Waals surface area contributed by atoms with E-state index < -0.39 is 5.82 Å². The number of carbonyl (C=O) groups excluding carboxylic acids is 1. The van der Waals surface area contributed by atoms with Gasteiger partial charge in [-0.05, 0) is 77.5 Å². The Morgan fingerprint density at radius 3 is 2.28 bits per heavy atom. The molecule has 1 aliphatic heterocycles. The second-order valence-electron chi connectivity index (χ2n) is 6.86. The van der Waals surface area contributed by atoms with Crippen LogP contribution in [0.4, 0.5) is 14.5 Å². The molecule has 0 spiro atoms. The third kappa shape index (κ3) is 4.65. The fourth-order valence-corrected chi connectivity index (χ4v) is 3.96. The first-order valence-corrected chi connectivity index (χ1v) is 10.4. The predicted molar refractivity (Wildman–Crippen MR) is 121 cm³/mol.